The van der Waals surface area contributed by atoms with Gasteiger partial charge in [0, 0.05) is 43.4 Å². The summed E-state index contributed by atoms with van der Waals surface area (Å²) in [4.78, 5) is 14.7. The summed E-state index contributed by atoms with van der Waals surface area (Å²) >= 11 is 0. The number of nitrogens with one attached hydrogen (secondary N) is 1. The molecule has 1 aliphatic carbocycles. The van der Waals surface area contributed by atoms with Gasteiger partial charge < -0.3 is 5.32 Å². The highest BCUT2D eigenvalue weighted by molar-refractivity contribution is 5.78. The van der Waals surface area contributed by atoms with Crippen LogP contribution in [0.4, 0.5) is 0 Å². The molecule has 0 unspecified atom stereocenters. The fourth-order valence-electron chi connectivity index (χ4n) is 4.43. The van der Waals surface area contributed by atoms with Crippen LogP contribution in [0.5, 0.6) is 0 Å². The van der Waals surface area contributed by atoms with Crippen LogP contribution in [0, 0.1) is 12.8 Å². The Bertz CT molecular complexity index is 817. The van der Waals surface area contributed by atoms with Crippen LogP contribution in [0.25, 0.3) is 0 Å². The van der Waals surface area contributed by atoms with Crippen LogP contribution in [0.1, 0.15) is 61.7 Å². The van der Waals surface area contributed by atoms with E-state index in [1.807, 2.05) is 6.20 Å². The molecule has 28 heavy (non-hydrogen) atoms. The predicted octanol–water partition coefficient (Wildman–Crippen LogP) is 2.62. The van der Waals surface area contributed by atoms with Crippen molar-refractivity contribution in [3.63, 3.8) is 0 Å². The van der Waals surface area contributed by atoms with Crippen LogP contribution < -0.4 is 5.32 Å². The van der Waals surface area contributed by atoms with Gasteiger partial charge in [0.1, 0.15) is 0 Å². The minimum Gasteiger partial charge on any atom is -0.350 e. The first-order valence-electron chi connectivity index (χ1n) is 10.7. The SMILES string of the molecule is CCCn1ncc(CN2CCn3nc(CNC(=O)C4CCCC4)cc3C2)c1C. The number of aryl methyl sites for hydroxylation is 1. The zero-order valence-corrected chi connectivity index (χ0v) is 17.2. The molecule has 0 aromatic carbocycles. The molecule has 7 nitrogen and oxygen atoms in total. The van der Waals surface area contributed by atoms with Crippen LogP contribution in [-0.4, -0.2) is 36.9 Å². The minimum atomic E-state index is 0.199. The summed E-state index contributed by atoms with van der Waals surface area (Å²) in [5.74, 6) is 0.411. The molecule has 1 fully saturated rings. The molecule has 0 atom stereocenters. The summed E-state index contributed by atoms with van der Waals surface area (Å²) in [7, 11) is 0. The second-order valence-electron chi connectivity index (χ2n) is 8.24. The Balaban J connectivity index is 1.33. The average molecular weight is 385 g/mol. The van der Waals surface area contributed by atoms with Crippen molar-refractivity contribution >= 4 is 5.91 Å². The van der Waals surface area contributed by atoms with E-state index in [9.17, 15) is 4.79 Å². The summed E-state index contributed by atoms with van der Waals surface area (Å²) < 4.78 is 4.20. The van der Waals surface area contributed by atoms with Gasteiger partial charge >= 0.3 is 0 Å². The second kappa shape index (κ2) is 8.47. The van der Waals surface area contributed by atoms with Crippen molar-refractivity contribution in [2.45, 2.75) is 78.7 Å². The molecule has 0 radical (unpaired) electrons. The molecule has 1 aliphatic heterocycles. The van der Waals surface area contributed by atoms with Crippen LogP contribution in [-0.2, 0) is 37.5 Å². The lowest BCUT2D eigenvalue weighted by Crippen LogP contribution is -2.33. The normalized spacial score (nSPS) is 17.8. The van der Waals surface area contributed by atoms with Crippen molar-refractivity contribution in [3.05, 3.63) is 34.9 Å². The monoisotopic (exact) mass is 384 g/mol. The first-order valence-corrected chi connectivity index (χ1v) is 10.7. The molecule has 1 saturated carbocycles. The van der Waals surface area contributed by atoms with Crippen LogP contribution in [0.2, 0.25) is 0 Å². The number of hydrogen-bond donors (Lipinski definition) is 1. The maximum absolute atomic E-state index is 12.2. The van der Waals surface area contributed by atoms with E-state index in [1.54, 1.807) is 0 Å². The average Bonchev–Trinajstić information content (AvgIpc) is 3.42. The van der Waals surface area contributed by atoms with Crippen molar-refractivity contribution in [3.8, 4) is 0 Å². The summed E-state index contributed by atoms with van der Waals surface area (Å²) in [5, 5.41) is 12.3. The largest absolute Gasteiger partial charge is 0.350 e. The zero-order chi connectivity index (χ0) is 19.5. The lowest BCUT2D eigenvalue weighted by Gasteiger charge is -2.27. The third kappa shape index (κ3) is 4.14. The standard InChI is InChI=1S/C21H32N6O/c1-3-8-26-16(2)18(12-23-26)14-25-9-10-27-20(15-25)11-19(24-27)13-22-21(28)17-6-4-5-7-17/h11-12,17H,3-10,13-15H2,1-2H3,(H,22,28). The smallest absolute Gasteiger partial charge is 0.223 e. The fourth-order valence-corrected chi connectivity index (χ4v) is 4.43. The number of nitrogens with zero attached hydrogens (tertiary/aromatic N) is 5. The van der Waals surface area contributed by atoms with Gasteiger partial charge in [0.2, 0.25) is 5.91 Å². The van der Waals surface area contributed by atoms with Gasteiger partial charge in [-0.2, -0.15) is 10.2 Å². The molecule has 2 aromatic heterocycles. The van der Waals surface area contributed by atoms with E-state index in [2.05, 4.69) is 44.6 Å². The van der Waals surface area contributed by atoms with Crippen LogP contribution in [0.15, 0.2) is 12.3 Å². The lowest BCUT2D eigenvalue weighted by molar-refractivity contribution is -0.124. The van der Waals surface area contributed by atoms with Gasteiger partial charge in [-0.05, 0) is 32.3 Å². The molecule has 1 N–H and O–H groups in total. The molecular formula is C21H32N6O. The lowest BCUT2D eigenvalue weighted by atomic mass is 10.1. The highest BCUT2D eigenvalue weighted by atomic mass is 16.1. The number of fused-ring (bicyclic) bond motifs is 1. The zero-order valence-electron chi connectivity index (χ0n) is 17.2. The summed E-state index contributed by atoms with van der Waals surface area (Å²) in [6.07, 6.45) is 7.56. The molecule has 0 bridgehead atoms. The Labute approximate surface area is 167 Å². The first kappa shape index (κ1) is 19.2. The quantitative estimate of drug-likeness (QED) is 0.797. The van der Waals surface area contributed by atoms with E-state index in [0.29, 0.717) is 6.54 Å². The number of carbonyl (C=O) groups is 1. The van der Waals surface area contributed by atoms with E-state index in [0.717, 1.165) is 57.7 Å². The maximum Gasteiger partial charge on any atom is 0.223 e. The Kier molecular flexibility index (Phi) is 5.80. The van der Waals surface area contributed by atoms with Crippen molar-refractivity contribution < 1.29 is 4.79 Å². The molecule has 0 saturated heterocycles. The predicted molar refractivity (Wildman–Crippen MR) is 107 cm³/mol. The molecule has 1 amide bonds. The van der Waals surface area contributed by atoms with Gasteiger partial charge in [-0.3, -0.25) is 19.1 Å². The summed E-state index contributed by atoms with van der Waals surface area (Å²) in [6.45, 7) is 9.57. The maximum atomic E-state index is 12.2. The highest BCUT2D eigenvalue weighted by Crippen LogP contribution is 2.25. The van der Waals surface area contributed by atoms with Gasteiger partial charge in [-0.1, -0.05) is 19.8 Å². The molecule has 2 aromatic rings. The topological polar surface area (TPSA) is 68.0 Å². The van der Waals surface area contributed by atoms with Crippen molar-refractivity contribution in [2.24, 2.45) is 5.92 Å². The molecule has 4 rings (SSSR count). The van der Waals surface area contributed by atoms with Crippen molar-refractivity contribution in [1.29, 1.82) is 0 Å². The Morgan fingerprint density at radius 3 is 2.89 bits per heavy atom. The third-order valence-corrected chi connectivity index (χ3v) is 6.13. The second-order valence-corrected chi connectivity index (χ2v) is 8.24. The number of amides is 1. The Morgan fingerprint density at radius 2 is 2.11 bits per heavy atom. The summed E-state index contributed by atoms with van der Waals surface area (Å²) in [6, 6.07) is 2.15. The molecule has 3 heterocycles. The molecule has 2 aliphatic rings. The van der Waals surface area contributed by atoms with E-state index < -0.39 is 0 Å². The van der Waals surface area contributed by atoms with Gasteiger partial charge in [-0.15, -0.1) is 0 Å². The molecule has 152 valence electrons. The number of rotatable bonds is 7. The molecule has 7 heteroatoms. The third-order valence-electron chi connectivity index (χ3n) is 6.13. The van der Waals surface area contributed by atoms with Crippen LogP contribution in [0.3, 0.4) is 0 Å². The summed E-state index contributed by atoms with van der Waals surface area (Å²) in [5.41, 5.74) is 4.78. The van der Waals surface area contributed by atoms with Gasteiger partial charge in [-0.25, -0.2) is 0 Å². The van der Waals surface area contributed by atoms with Gasteiger partial charge in [0.05, 0.1) is 30.7 Å². The fraction of sp³-hybridized carbons (Fsp3) is 0.667. The highest BCUT2D eigenvalue weighted by Gasteiger charge is 2.23. The minimum absolute atomic E-state index is 0.199. The van der Waals surface area contributed by atoms with E-state index in [-0.39, 0.29) is 11.8 Å². The van der Waals surface area contributed by atoms with E-state index >= 15 is 0 Å². The first-order chi connectivity index (χ1) is 13.6. The molecular weight excluding hydrogens is 352 g/mol. The van der Waals surface area contributed by atoms with Crippen molar-refractivity contribution in [1.82, 2.24) is 29.8 Å². The van der Waals surface area contributed by atoms with Gasteiger partial charge in [0.25, 0.3) is 0 Å². The van der Waals surface area contributed by atoms with E-state index in [1.165, 1.54) is 29.8 Å². The van der Waals surface area contributed by atoms with Crippen molar-refractivity contribution in [2.75, 3.05) is 6.54 Å². The number of aromatic nitrogens is 4. The Morgan fingerprint density at radius 1 is 1.29 bits per heavy atom. The van der Waals surface area contributed by atoms with Crippen LogP contribution >= 0.6 is 0 Å². The number of hydrogen-bond acceptors (Lipinski definition) is 4. The number of carbonyl (C=O) groups excluding carboxylic acids is 1. The Hall–Kier alpha value is -2.15. The van der Waals surface area contributed by atoms with E-state index in [4.69, 9.17) is 5.10 Å². The molecule has 0 spiro atoms. The van der Waals surface area contributed by atoms with Gasteiger partial charge in [0.15, 0.2) is 0 Å².